The SMILES string of the molecule is N[C@@H]1CN(Cc2cn[nH]c2-c2cccc(Cl)c2)C[C@H]1c1ccccc1. The third kappa shape index (κ3) is 3.47. The van der Waals surface area contributed by atoms with Gasteiger partial charge in [-0.25, -0.2) is 0 Å². The largest absolute Gasteiger partial charge is 0.326 e. The van der Waals surface area contributed by atoms with Gasteiger partial charge in [0.05, 0.1) is 11.9 Å². The fourth-order valence-electron chi connectivity index (χ4n) is 3.66. The molecule has 0 spiro atoms. The first-order valence-corrected chi connectivity index (χ1v) is 8.89. The van der Waals surface area contributed by atoms with Gasteiger partial charge >= 0.3 is 0 Å². The Labute approximate surface area is 152 Å². The number of halogens is 1. The highest BCUT2D eigenvalue weighted by molar-refractivity contribution is 6.30. The minimum atomic E-state index is 0.156. The van der Waals surface area contributed by atoms with Crippen LogP contribution in [0.15, 0.2) is 60.8 Å². The zero-order valence-electron chi connectivity index (χ0n) is 13.9. The van der Waals surface area contributed by atoms with Gasteiger partial charge in [0, 0.05) is 47.7 Å². The molecule has 3 aromatic rings. The van der Waals surface area contributed by atoms with E-state index in [4.69, 9.17) is 17.3 Å². The van der Waals surface area contributed by atoms with Crippen molar-refractivity contribution in [2.45, 2.75) is 18.5 Å². The summed E-state index contributed by atoms with van der Waals surface area (Å²) in [6.45, 7) is 2.68. The Hall–Kier alpha value is -2.14. The van der Waals surface area contributed by atoms with Crippen LogP contribution in [-0.4, -0.2) is 34.2 Å². The molecule has 0 unspecified atom stereocenters. The molecule has 5 heteroatoms. The first-order valence-electron chi connectivity index (χ1n) is 8.52. The second-order valence-corrected chi connectivity index (χ2v) is 7.09. The van der Waals surface area contributed by atoms with E-state index in [1.54, 1.807) is 0 Å². The van der Waals surface area contributed by atoms with Gasteiger partial charge in [0.2, 0.25) is 0 Å². The fraction of sp³-hybridized carbons (Fsp3) is 0.250. The van der Waals surface area contributed by atoms with E-state index in [-0.39, 0.29) is 6.04 Å². The Morgan fingerprint density at radius 2 is 1.96 bits per heavy atom. The number of likely N-dealkylation sites (tertiary alicyclic amines) is 1. The van der Waals surface area contributed by atoms with Crippen LogP contribution in [0.5, 0.6) is 0 Å². The Bertz CT molecular complexity index is 846. The molecule has 1 aliphatic rings. The molecule has 2 heterocycles. The van der Waals surface area contributed by atoms with E-state index in [0.29, 0.717) is 5.92 Å². The maximum Gasteiger partial charge on any atom is 0.0695 e. The Kier molecular flexibility index (Phi) is 4.57. The predicted octanol–water partition coefficient (Wildman–Crippen LogP) is 3.66. The number of nitrogens with one attached hydrogen (secondary N) is 1. The number of aromatic nitrogens is 2. The van der Waals surface area contributed by atoms with Gasteiger partial charge in [0.1, 0.15) is 0 Å². The summed E-state index contributed by atoms with van der Waals surface area (Å²) in [6, 6.07) is 18.5. The quantitative estimate of drug-likeness (QED) is 0.753. The average molecular weight is 353 g/mol. The van der Waals surface area contributed by atoms with Gasteiger partial charge in [-0.1, -0.05) is 54.1 Å². The van der Waals surface area contributed by atoms with Crippen LogP contribution >= 0.6 is 11.6 Å². The third-order valence-electron chi connectivity index (χ3n) is 4.89. The summed E-state index contributed by atoms with van der Waals surface area (Å²) in [5.74, 6) is 0.378. The Morgan fingerprint density at radius 3 is 2.76 bits per heavy atom. The molecule has 1 fully saturated rings. The number of H-pyrrole nitrogens is 1. The van der Waals surface area contributed by atoms with Crippen molar-refractivity contribution in [2.24, 2.45) is 5.73 Å². The highest BCUT2D eigenvalue weighted by atomic mass is 35.5. The maximum atomic E-state index is 6.42. The summed E-state index contributed by atoms with van der Waals surface area (Å²) in [6.07, 6.45) is 1.90. The lowest BCUT2D eigenvalue weighted by Gasteiger charge is -2.16. The van der Waals surface area contributed by atoms with Crippen molar-refractivity contribution in [3.8, 4) is 11.3 Å². The van der Waals surface area contributed by atoms with Crippen molar-refractivity contribution in [3.05, 3.63) is 76.9 Å². The number of nitrogens with two attached hydrogens (primary N) is 1. The predicted molar refractivity (Wildman–Crippen MR) is 101 cm³/mol. The molecule has 4 nitrogen and oxygen atoms in total. The molecule has 0 aliphatic carbocycles. The molecule has 0 bridgehead atoms. The molecule has 128 valence electrons. The van der Waals surface area contributed by atoms with Crippen LogP contribution in [0.2, 0.25) is 5.02 Å². The number of hydrogen-bond donors (Lipinski definition) is 2. The molecular weight excluding hydrogens is 332 g/mol. The number of rotatable bonds is 4. The normalized spacial score (nSPS) is 20.9. The third-order valence-corrected chi connectivity index (χ3v) is 5.13. The molecule has 25 heavy (non-hydrogen) atoms. The Morgan fingerprint density at radius 1 is 1.12 bits per heavy atom. The molecule has 0 saturated carbocycles. The summed E-state index contributed by atoms with van der Waals surface area (Å²) >= 11 is 6.13. The van der Waals surface area contributed by atoms with Gasteiger partial charge in [0.25, 0.3) is 0 Å². The van der Waals surface area contributed by atoms with E-state index < -0.39 is 0 Å². The van der Waals surface area contributed by atoms with E-state index in [0.717, 1.165) is 35.9 Å². The number of nitrogens with zero attached hydrogens (tertiary/aromatic N) is 2. The average Bonchev–Trinajstić information content (AvgIpc) is 3.22. The zero-order chi connectivity index (χ0) is 17.2. The highest BCUT2D eigenvalue weighted by Gasteiger charge is 2.31. The lowest BCUT2D eigenvalue weighted by atomic mass is 9.95. The standard InChI is InChI=1S/C20H21ClN4/c21-17-8-4-7-15(9-17)20-16(10-23-24-20)11-25-12-18(19(22)13-25)14-5-2-1-3-6-14/h1-10,18-19H,11-13,22H2,(H,23,24)/t18-,19+/m0/s1. The van der Waals surface area contributed by atoms with Crippen molar-refractivity contribution in [3.63, 3.8) is 0 Å². The highest BCUT2D eigenvalue weighted by Crippen LogP contribution is 2.30. The maximum absolute atomic E-state index is 6.42. The molecule has 1 aliphatic heterocycles. The molecule has 1 saturated heterocycles. The van der Waals surface area contributed by atoms with Crippen molar-refractivity contribution < 1.29 is 0 Å². The summed E-state index contributed by atoms with van der Waals surface area (Å²) < 4.78 is 0. The van der Waals surface area contributed by atoms with Crippen LogP contribution in [0, 0.1) is 0 Å². The van der Waals surface area contributed by atoms with Crippen LogP contribution in [0.1, 0.15) is 17.0 Å². The smallest absolute Gasteiger partial charge is 0.0695 e. The first kappa shape index (κ1) is 16.3. The number of hydrogen-bond acceptors (Lipinski definition) is 3. The molecule has 1 aromatic heterocycles. The van der Waals surface area contributed by atoms with Crippen molar-refractivity contribution in [2.75, 3.05) is 13.1 Å². The number of aromatic amines is 1. The van der Waals surface area contributed by atoms with E-state index in [1.165, 1.54) is 11.1 Å². The van der Waals surface area contributed by atoms with Gasteiger partial charge in [-0.05, 0) is 17.7 Å². The van der Waals surface area contributed by atoms with Gasteiger partial charge in [-0.15, -0.1) is 0 Å². The fourth-order valence-corrected chi connectivity index (χ4v) is 3.85. The van der Waals surface area contributed by atoms with E-state index in [9.17, 15) is 0 Å². The molecule has 3 N–H and O–H groups in total. The summed E-state index contributed by atoms with van der Waals surface area (Å²) in [4.78, 5) is 2.40. The second kappa shape index (κ2) is 7.00. The van der Waals surface area contributed by atoms with Crippen molar-refractivity contribution in [1.82, 2.24) is 15.1 Å². The Balaban J connectivity index is 1.52. The molecule has 4 rings (SSSR count). The van der Waals surface area contributed by atoms with Gasteiger partial charge in [0.15, 0.2) is 0 Å². The molecule has 2 atom stereocenters. The molecular formula is C20H21ClN4. The van der Waals surface area contributed by atoms with Gasteiger partial charge < -0.3 is 5.73 Å². The minimum absolute atomic E-state index is 0.156. The zero-order valence-corrected chi connectivity index (χ0v) is 14.7. The lowest BCUT2D eigenvalue weighted by Crippen LogP contribution is -2.28. The van der Waals surface area contributed by atoms with Crippen LogP contribution in [-0.2, 0) is 6.54 Å². The van der Waals surface area contributed by atoms with Gasteiger partial charge in [-0.2, -0.15) is 5.10 Å². The summed E-state index contributed by atoms with van der Waals surface area (Å²) in [7, 11) is 0. The van der Waals surface area contributed by atoms with Gasteiger partial charge in [-0.3, -0.25) is 10.00 Å². The molecule has 2 aromatic carbocycles. The number of benzene rings is 2. The topological polar surface area (TPSA) is 57.9 Å². The summed E-state index contributed by atoms with van der Waals surface area (Å²) in [5.41, 5.74) is 11.0. The monoisotopic (exact) mass is 352 g/mol. The van der Waals surface area contributed by atoms with Crippen LogP contribution < -0.4 is 5.73 Å². The second-order valence-electron chi connectivity index (χ2n) is 6.66. The van der Waals surface area contributed by atoms with Crippen LogP contribution in [0.25, 0.3) is 11.3 Å². The van der Waals surface area contributed by atoms with E-state index >= 15 is 0 Å². The minimum Gasteiger partial charge on any atom is -0.326 e. The molecule has 0 amide bonds. The van der Waals surface area contributed by atoms with Crippen molar-refractivity contribution in [1.29, 1.82) is 0 Å². The lowest BCUT2D eigenvalue weighted by molar-refractivity contribution is 0.324. The summed E-state index contributed by atoms with van der Waals surface area (Å²) in [5, 5.41) is 8.08. The van der Waals surface area contributed by atoms with Crippen LogP contribution in [0.3, 0.4) is 0 Å². The van der Waals surface area contributed by atoms with Crippen LogP contribution in [0.4, 0.5) is 0 Å². The van der Waals surface area contributed by atoms with E-state index in [1.807, 2.05) is 36.5 Å². The van der Waals surface area contributed by atoms with Crippen molar-refractivity contribution >= 4 is 11.6 Å². The first-order chi connectivity index (χ1) is 12.2. The van der Waals surface area contributed by atoms with E-state index in [2.05, 4.69) is 39.4 Å². The molecule has 0 radical (unpaired) electrons.